The smallest absolute Gasteiger partial charge is 0.161 e. The Balaban J connectivity index is 2.31. The van der Waals surface area contributed by atoms with Gasteiger partial charge in [0.15, 0.2) is 11.5 Å². The first-order valence-electron chi connectivity index (χ1n) is 9.91. The third-order valence-electron chi connectivity index (χ3n) is 4.50. The zero-order chi connectivity index (χ0) is 21.4. The molecule has 2 rings (SSSR count). The molecule has 0 aromatic heterocycles. The quantitative estimate of drug-likeness (QED) is 0.580. The topological polar surface area (TPSA) is 68.2 Å². The zero-order valence-electron chi connectivity index (χ0n) is 17.9. The summed E-state index contributed by atoms with van der Waals surface area (Å²) in [5, 5.41) is 19.4. The number of aromatic hydroxyl groups is 1. The fraction of sp³-hybridized carbons (Fsp3) is 0.417. The predicted octanol–water partition coefficient (Wildman–Crippen LogP) is 5.11. The molecule has 2 aromatic rings. The van der Waals surface area contributed by atoms with Gasteiger partial charge in [-0.15, -0.1) is 0 Å². The number of rotatable bonds is 10. The van der Waals surface area contributed by atoms with Crippen molar-refractivity contribution in [2.24, 2.45) is 5.92 Å². The van der Waals surface area contributed by atoms with E-state index in [1.165, 1.54) is 0 Å². The number of aliphatic hydroxyl groups excluding tert-OH is 1. The molecule has 0 spiro atoms. The van der Waals surface area contributed by atoms with E-state index in [0.717, 1.165) is 11.1 Å². The minimum Gasteiger partial charge on any atom is -0.508 e. The molecule has 0 saturated carbocycles. The minimum atomic E-state index is -0.372. The van der Waals surface area contributed by atoms with Crippen LogP contribution in [0.25, 0.3) is 6.08 Å². The molecular formula is C24H32O5. The average molecular weight is 401 g/mol. The van der Waals surface area contributed by atoms with Crippen LogP contribution < -0.4 is 9.47 Å². The van der Waals surface area contributed by atoms with Crippen molar-refractivity contribution in [1.29, 1.82) is 0 Å². The second-order valence-corrected chi connectivity index (χ2v) is 7.43. The van der Waals surface area contributed by atoms with E-state index in [9.17, 15) is 10.2 Å². The summed E-state index contributed by atoms with van der Waals surface area (Å²) in [6.45, 7) is 8.39. The van der Waals surface area contributed by atoms with Crippen molar-refractivity contribution in [2.75, 3.05) is 13.7 Å². The number of methoxy groups -OCH3 is 1. The number of hydrogen-bond donors (Lipinski definition) is 2. The first-order chi connectivity index (χ1) is 13.9. The number of benzene rings is 2. The van der Waals surface area contributed by atoms with Crippen LogP contribution in [0.4, 0.5) is 0 Å². The molecule has 2 unspecified atom stereocenters. The van der Waals surface area contributed by atoms with E-state index < -0.39 is 0 Å². The van der Waals surface area contributed by atoms with Crippen LogP contribution in [-0.4, -0.2) is 30.0 Å². The Morgan fingerprint density at radius 1 is 1.03 bits per heavy atom. The SMILES string of the molecule is C/C=C/c1ccc(OC(C)C(OCC(C)C)c2ccc(O)c(CO)c2)c(OC)c1. The van der Waals surface area contributed by atoms with E-state index in [1.54, 1.807) is 25.3 Å². The predicted molar refractivity (Wildman–Crippen MR) is 115 cm³/mol. The Bertz CT molecular complexity index is 813. The molecule has 0 aliphatic carbocycles. The molecule has 0 radical (unpaired) electrons. The second kappa shape index (κ2) is 10.9. The van der Waals surface area contributed by atoms with Gasteiger partial charge < -0.3 is 24.4 Å². The number of allylic oxidation sites excluding steroid dienone is 1. The molecule has 0 aliphatic rings. The normalized spacial score (nSPS) is 13.6. The Morgan fingerprint density at radius 3 is 2.41 bits per heavy atom. The fourth-order valence-corrected chi connectivity index (χ4v) is 3.05. The van der Waals surface area contributed by atoms with Crippen molar-refractivity contribution >= 4 is 6.08 Å². The van der Waals surface area contributed by atoms with E-state index in [-0.39, 0.29) is 24.6 Å². The third kappa shape index (κ3) is 6.24. The van der Waals surface area contributed by atoms with Crippen LogP contribution in [0.15, 0.2) is 42.5 Å². The lowest BCUT2D eigenvalue weighted by atomic mass is 10.0. The molecule has 29 heavy (non-hydrogen) atoms. The van der Waals surface area contributed by atoms with Crippen molar-refractivity contribution in [2.45, 2.75) is 46.5 Å². The van der Waals surface area contributed by atoms with E-state index >= 15 is 0 Å². The Kier molecular flexibility index (Phi) is 8.55. The second-order valence-electron chi connectivity index (χ2n) is 7.43. The maximum atomic E-state index is 9.89. The van der Waals surface area contributed by atoms with Crippen LogP contribution in [0.3, 0.4) is 0 Å². The van der Waals surface area contributed by atoms with Gasteiger partial charge in [0.1, 0.15) is 18.0 Å². The van der Waals surface area contributed by atoms with Crippen molar-refractivity contribution in [3.8, 4) is 17.2 Å². The maximum absolute atomic E-state index is 9.89. The molecule has 2 atom stereocenters. The van der Waals surface area contributed by atoms with Crippen LogP contribution >= 0.6 is 0 Å². The highest BCUT2D eigenvalue weighted by Crippen LogP contribution is 2.34. The molecule has 0 fully saturated rings. The molecule has 0 bridgehead atoms. The molecule has 0 heterocycles. The van der Waals surface area contributed by atoms with Crippen molar-refractivity contribution in [3.05, 3.63) is 59.2 Å². The molecule has 5 nitrogen and oxygen atoms in total. The monoisotopic (exact) mass is 400 g/mol. The average Bonchev–Trinajstić information content (AvgIpc) is 2.70. The summed E-state index contributed by atoms with van der Waals surface area (Å²) < 4.78 is 17.9. The van der Waals surface area contributed by atoms with Gasteiger partial charge in [-0.3, -0.25) is 0 Å². The van der Waals surface area contributed by atoms with Gasteiger partial charge in [-0.1, -0.05) is 38.1 Å². The van der Waals surface area contributed by atoms with E-state index in [0.29, 0.717) is 29.6 Å². The van der Waals surface area contributed by atoms with Gasteiger partial charge in [0.05, 0.1) is 13.7 Å². The Morgan fingerprint density at radius 2 is 1.79 bits per heavy atom. The van der Waals surface area contributed by atoms with Gasteiger partial charge in [0.25, 0.3) is 0 Å². The standard InChI is InChI=1S/C24H32O5/c1-6-7-18-8-11-22(23(12-18)27-5)29-17(4)24(28-15-16(2)3)19-9-10-21(26)20(13-19)14-25/h6-13,16-17,24-26H,14-15H2,1-5H3/b7-6+. The molecule has 5 heteroatoms. The number of aliphatic hydroxyl groups is 1. The maximum Gasteiger partial charge on any atom is 0.161 e. The summed E-state index contributed by atoms with van der Waals surface area (Å²) in [6.07, 6.45) is 3.27. The van der Waals surface area contributed by atoms with Crippen LogP contribution in [0.1, 0.15) is 50.5 Å². The van der Waals surface area contributed by atoms with Crippen LogP contribution in [0.5, 0.6) is 17.2 Å². The third-order valence-corrected chi connectivity index (χ3v) is 4.50. The lowest BCUT2D eigenvalue weighted by molar-refractivity contribution is -0.0315. The summed E-state index contributed by atoms with van der Waals surface area (Å²) >= 11 is 0. The Hall–Kier alpha value is -2.50. The molecular weight excluding hydrogens is 368 g/mol. The van der Waals surface area contributed by atoms with Crippen molar-refractivity contribution in [1.82, 2.24) is 0 Å². The van der Waals surface area contributed by atoms with Gasteiger partial charge in [0, 0.05) is 12.2 Å². The lowest BCUT2D eigenvalue weighted by Crippen LogP contribution is -2.26. The van der Waals surface area contributed by atoms with Gasteiger partial charge in [0.2, 0.25) is 0 Å². The number of ether oxygens (including phenoxy) is 3. The molecule has 158 valence electrons. The van der Waals surface area contributed by atoms with Gasteiger partial charge in [-0.05, 0) is 55.2 Å². The zero-order valence-corrected chi connectivity index (χ0v) is 17.9. The molecule has 0 saturated heterocycles. The molecule has 2 N–H and O–H groups in total. The Labute approximate surface area is 173 Å². The summed E-state index contributed by atoms with van der Waals surface area (Å²) in [4.78, 5) is 0. The van der Waals surface area contributed by atoms with Crippen LogP contribution in [0, 0.1) is 5.92 Å². The summed E-state index contributed by atoms with van der Waals surface area (Å²) in [6, 6.07) is 10.9. The first kappa shape index (κ1) is 22.8. The number of hydrogen-bond acceptors (Lipinski definition) is 5. The van der Waals surface area contributed by atoms with Gasteiger partial charge >= 0.3 is 0 Å². The first-order valence-corrected chi connectivity index (χ1v) is 9.91. The molecule has 0 aliphatic heterocycles. The summed E-state index contributed by atoms with van der Waals surface area (Å²) in [5.41, 5.74) is 2.33. The summed E-state index contributed by atoms with van der Waals surface area (Å²) in [5.74, 6) is 1.70. The van der Waals surface area contributed by atoms with E-state index in [1.807, 2.05) is 44.2 Å². The van der Waals surface area contributed by atoms with E-state index in [4.69, 9.17) is 14.2 Å². The highest BCUT2D eigenvalue weighted by Gasteiger charge is 2.24. The summed E-state index contributed by atoms with van der Waals surface area (Å²) in [7, 11) is 1.62. The van der Waals surface area contributed by atoms with E-state index in [2.05, 4.69) is 13.8 Å². The lowest BCUT2D eigenvalue weighted by Gasteiger charge is -2.27. The van der Waals surface area contributed by atoms with Crippen LogP contribution in [-0.2, 0) is 11.3 Å². The van der Waals surface area contributed by atoms with Crippen molar-refractivity contribution in [3.63, 3.8) is 0 Å². The minimum absolute atomic E-state index is 0.0636. The molecule has 0 amide bonds. The number of phenols is 1. The largest absolute Gasteiger partial charge is 0.508 e. The fourth-order valence-electron chi connectivity index (χ4n) is 3.05. The van der Waals surface area contributed by atoms with Crippen molar-refractivity contribution < 1.29 is 24.4 Å². The van der Waals surface area contributed by atoms with Gasteiger partial charge in [-0.25, -0.2) is 0 Å². The highest BCUT2D eigenvalue weighted by molar-refractivity contribution is 5.55. The van der Waals surface area contributed by atoms with Crippen LogP contribution in [0.2, 0.25) is 0 Å². The molecule has 2 aromatic carbocycles. The highest BCUT2D eigenvalue weighted by atomic mass is 16.6. The van der Waals surface area contributed by atoms with Gasteiger partial charge in [-0.2, -0.15) is 0 Å².